The molecule has 1 saturated heterocycles. The molecule has 2 heterocycles. The van der Waals surface area contributed by atoms with Gasteiger partial charge in [0, 0.05) is 32.4 Å². The highest BCUT2D eigenvalue weighted by Gasteiger charge is 2.53. The smallest absolute Gasteiger partial charge is 0.233 e. The van der Waals surface area contributed by atoms with Crippen LogP contribution in [0.5, 0.6) is 0 Å². The van der Waals surface area contributed by atoms with Crippen molar-refractivity contribution in [3.05, 3.63) is 58.2 Å². The van der Waals surface area contributed by atoms with Crippen LogP contribution in [-0.2, 0) is 10.2 Å². The second-order valence-corrected chi connectivity index (χ2v) is 8.01. The predicted octanol–water partition coefficient (Wildman–Crippen LogP) is 3.73. The van der Waals surface area contributed by atoms with E-state index in [2.05, 4.69) is 41.9 Å². The Kier molecular flexibility index (Phi) is 4.39. The minimum atomic E-state index is -0.280. The third-order valence-electron chi connectivity index (χ3n) is 5.54. The van der Waals surface area contributed by atoms with Crippen molar-refractivity contribution in [2.24, 2.45) is 0 Å². The summed E-state index contributed by atoms with van der Waals surface area (Å²) in [6.45, 7) is 7.32. The van der Waals surface area contributed by atoms with Crippen molar-refractivity contribution in [1.29, 1.82) is 0 Å². The average molecular weight is 370 g/mol. The largest absolute Gasteiger partial charge is 0.353 e. The van der Waals surface area contributed by atoms with E-state index >= 15 is 0 Å². The number of hydrogen-bond acceptors (Lipinski definition) is 3. The zero-order valence-corrected chi connectivity index (χ0v) is 16.1. The van der Waals surface area contributed by atoms with Crippen LogP contribution in [0.1, 0.15) is 29.5 Å². The Bertz CT molecular complexity index is 801. The maximum atomic E-state index is 13.3. The van der Waals surface area contributed by atoms with Crippen LogP contribution >= 0.6 is 11.6 Å². The molecule has 0 bridgehead atoms. The molecule has 1 aromatic heterocycles. The van der Waals surface area contributed by atoms with E-state index in [4.69, 9.17) is 11.6 Å². The van der Waals surface area contributed by atoms with Gasteiger partial charge in [-0.1, -0.05) is 40.9 Å². The molecule has 136 valence electrons. The van der Waals surface area contributed by atoms with Crippen molar-refractivity contribution >= 4 is 23.3 Å². The van der Waals surface area contributed by atoms with Crippen molar-refractivity contribution < 1.29 is 4.79 Å². The lowest BCUT2D eigenvalue weighted by Gasteiger charge is -2.37. The topological polar surface area (TPSA) is 36.4 Å². The number of aromatic nitrogens is 1. The highest BCUT2D eigenvalue weighted by atomic mass is 35.5. The minimum Gasteiger partial charge on any atom is -0.353 e. The number of anilines is 1. The SMILES string of the molecule is Cc1cc(C)cc(C2(C(=O)N3CCN(c4ccc(Cl)cn4)CC3)CC2)c1. The maximum absolute atomic E-state index is 13.3. The van der Waals surface area contributed by atoms with Gasteiger partial charge in [0.15, 0.2) is 0 Å². The van der Waals surface area contributed by atoms with Crippen LogP contribution in [0.3, 0.4) is 0 Å². The van der Waals surface area contributed by atoms with E-state index in [0.29, 0.717) is 10.9 Å². The molecule has 5 heteroatoms. The number of piperazine rings is 1. The summed E-state index contributed by atoms with van der Waals surface area (Å²) >= 11 is 5.92. The lowest BCUT2D eigenvalue weighted by molar-refractivity contribution is -0.134. The molecule has 1 aromatic carbocycles. The van der Waals surface area contributed by atoms with Gasteiger partial charge in [-0.15, -0.1) is 0 Å². The zero-order chi connectivity index (χ0) is 18.3. The summed E-state index contributed by atoms with van der Waals surface area (Å²) < 4.78 is 0. The van der Waals surface area contributed by atoms with Crippen LogP contribution < -0.4 is 4.90 Å². The third kappa shape index (κ3) is 3.18. The van der Waals surface area contributed by atoms with E-state index in [1.807, 2.05) is 17.0 Å². The van der Waals surface area contributed by atoms with Crippen molar-refractivity contribution in [3.8, 4) is 0 Å². The number of nitrogens with zero attached hydrogens (tertiary/aromatic N) is 3. The number of carbonyl (C=O) groups excluding carboxylic acids is 1. The molecular weight excluding hydrogens is 346 g/mol. The van der Waals surface area contributed by atoms with E-state index in [1.165, 1.54) is 16.7 Å². The summed E-state index contributed by atoms with van der Waals surface area (Å²) in [7, 11) is 0. The molecule has 2 fully saturated rings. The van der Waals surface area contributed by atoms with Crippen LogP contribution in [0.25, 0.3) is 0 Å². The highest BCUT2D eigenvalue weighted by Crippen LogP contribution is 2.50. The maximum Gasteiger partial charge on any atom is 0.233 e. The molecule has 0 N–H and O–H groups in total. The fraction of sp³-hybridized carbons (Fsp3) is 0.429. The monoisotopic (exact) mass is 369 g/mol. The zero-order valence-electron chi connectivity index (χ0n) is 15.3. The Morgan fingerprint density at radius 1 is 1.04 bits per heavy atom. The van der Waals surface area contributed by atoms with Crippen LogP contribution in [-0.4, -0.2) is 42.0 Å². The highest BCUT2D eigenvalue weighted by molar-refractivity contribution is 6.30. The van der Waals surface area contributed by atoms with Gasteiger partial charge in [-0.2, -0.15) is 0 Å². The van der Waals surface area contributed by atoms with Crippen LogP contribution in [0, 0.1) is 13.8 Å². The van der Waals surface area contributed by atoms with E-state index in [1.54, 1.807) is 6.20 Å². The summed E-state index contributed by atoms with van der Waals surface area (Å²) in [6.07, 6.45) is 3.61. The number of pyridine rings is 1. The lowest BCUT2D eigenvalue weighted by Crippen LogP contribution is -2.51. The van der Waals surface area contributed by atoms with E-state index < -0.39 is 0 Å². The van der Waals surface area contributed by atoms with E-state index in [-0.39, 0.29) is 5.41 Å². The number of rotatable bonds is 3. The molecule has 0 spiro atoms. The Hall–Kier alpha value is -2.07. The van der Waals surface area contributed by atoms with Gasteiger partial charge in [0.05, 0.1) is 10.4 Å². The first kappa shape index (κ1) is 17.3. The number of benzene rings is 1. The Balaban J connectivity index is 1.46. The van der Waals surface area contributed by atoms with Gasteiger partial charge >= 0.3 is 0 Å². The molecule has 2 aliphatic rings. The molecule has 0 atom stereocenters. The molecule has 4 rings (SSSR count). The fourth-order valence-electron chi connectivity index (χ4n) is 4.00. The summed E-state index contributed by atoms with van der Waals surface area (Å²) in [5, 5.41) is 0.645. The number of amides is 1. The van der Waals surface area contributed by atoms with Gasteiger partial charge in [0.2, 0.25) is 5.91 Å². The van der Waals surface area contributed by atoms with Gasteiger partial charge < -0.3 is 9.80 Å². The number of halogens is 1. The Morgan fingerprint density at radius 2 is 1.69 bits per heavy atom. The summed E-state index contributed by atoms with van der Waals surface area (Å²) in [5.74, 6) is 1.23. The molecule has 1 saturated carbocycles. The van der Waals surface area contributed by atoms with Crippen molar-refractivity contribution in [1.82, 2.24) is 9.88 Å². The second kappa shape index (κ2) is 6.58. The first-order valence-corrected chi connectivity index (χ1v) is 9.60. The third-order valence-corrected chi connectivity index (χ3v) is 5.76. The van der Waals surface area contributed by atoms with E-state index in [9.17, 15) is 4.79 Å². The summed E-state index contributed by atoms with van der Waals surface area (Å²) in [5.41, 5.74) is 3.38. The normalized spacial score (nSPS) is 18.7. The quantitative estimate of drug-likeness (QED) is 0.827. The second-order valence-electron chi connectivity index (χ2n) is 7.57. The standard InChI is InChI=1S/C21H24ClN3O/c1-15-11-16(2)13-17(12-15)21(5-6-21)20(26)25-9-7-24(8-10-25)19-4-3-18(22)14-23-19/h3-4,11-14H,5-10H2,1-2H3. The molecule has 2 aromatic rings. The van der Waals surface area contributed by atoms with Gasteiger partial charge in [0.1, 0.15) is 5.82 Å². The van der Waals surface area contributed by atoms with Gasteiger partial charge in [-0.05, 0) is 44.4 Å². The van der Waals surface area contributed by atoms with Crippen molar-refractivity contribution in [3.63, 3.8) is 0 Å². The predicted molar refractivity (Wildman–Crippen MR) is 105 cm³/mol. The van der Waals surface area contributed by atoms with Crippen LogP contribution in [0.4, 0.5) is 5.82 Å². The number of carbonyl (C=O) groups is 1. The number of aryl methyl sites for hydroxylation is 2. The summed E-state index contributed by atoms with van der Waals surface area (Å²) in [4.78, 5) is 21.9. The first-order chi connectivity index (χ1) is 12.5. The van der Waals surface area contributed by atoms with Crippen LogP contribution in [0.15, 0.2) is 36.5 Å². The Morgan fingerprint density at radius 3 is 2.23 bits per heavy atom. The minimum absolute atomic E-state index is 0.280. The molecule has 4 nitrogen and oxygen atoms in total. The molecule has 1 amide bonds. The molecule has 1 aliphatic heterocycles. The van der Waals surface area contributed by atoms with Crippen molar-refractivity contribution in [2.45, 2.75) is 32.1 Å². The molecule has 0 unspecified atom stereocenters. The van der Waals surface area contributed by atoms with Gasteiger partial charge in [-0.3, -0.25) is 4.79 Å². The van der Waals surface area contributed by atoms with Gasteiger partial charge in [-0.25, -0.2) is 4.98 Å². The lowest BCUT2D eigenvalue weighted by atomic mass is 9.91. The average Bonchev–Trinajstić information content (AvgIpc) is 3.43. The molecule has 0 radical (unpaired) electrons. The van der Waals surface area contributed by atoms with Crippen LogP contribution in [0.2, 0.25) is 5.02 Å². The Labute approximate surface area is 159 Å². The van der Waals surface area contributed by atoms with E-state index in [0.717, 1.165) is 44.8 Å². The molecule has 26 heavy (non-hydrogen) atoms. The first-order valence-electron chi connectivity index (χ1n) is 9.23. The molecule has 1 aliphatic carbocycles. The molecular formula is C21H24ClN3O. The number of hydrogen-bond donors (Lipinski definition) is 0. The van der Waals surface area contributed by atoms with Gasteiger partial charge in [0.25, 0.3) is 0 Å². The summed E-state index contributed by atoms with van der Waals surface area (Å²) in [6, 6.07) is 10.3. The fourth-order valence-corrected chi connectivity index (χ4v) is 4.11. The van der Waals surface area contributed by atoms with Crippen molar-refractivity contribution in [2.75, 3.05) is 31.1 Å².